The molecule has 1 aromatic carbocycles. The summed E-state index contributed by atoms with van der Waals surface area (Å²) in [6.07, 6.45) is 6.07. The van der Waals surface area contributed by atoms with Gasteiger partial charge in [0, 0.05) is 44.0 Å². The van der Waals surface area contributed by atoms with Gasteiger partial charge in [-0.15, -0.1) is 0 Å². The fourth-order valence-corrected chi connectivity index (χ4v) is 3.11. The molecule has 1 unspecified atom stereocenters. The Morgan fingerprint density at radius 3 is 3.08 bits per heavy atom. The second-order valence-electron chi connectivity index (χ2n) is 6.36. The van der Waals surface area contributed by atoms with E-state index in [4.69, 9.17) is 0 Å². The first kappa shape index (κ1) is 16.5. The van der Waals surface area contributed by atoms with Crippen LogP contribution in [0.15, 0.2) is 36.7 Å². The van der Waals surface area contributed by atoms with Gasteiger partial charge < -0.3 is 10.2 Å². The third kappa shape index (κ3) is 4.34. The standard InChI is InChI=1S/C18H23FN4O/c1-14-11-20-23(12-14)9-7-18(24)21-16-5-3-8-22(13-16)17-6-2-4-15(19)10-17/h2,4,6,10-12,16H,3,5,7-9,13H2,1H3,(H,21,24). The molecule has 1 aliphatic heterocycles. The molecule has 0 bridgehead atoms. The lowest BCUT2D eigenvalue weighted by atomic mass is 10.0. The van der Waals surface area contributed by atoms with E-state index in [-0.39, 0.29) is 17.8 Å². The highest BCUT2D eigenvalue weighted by Gasteiger charge is 2.21. The van der Waals surface area contributed by atoms with Crippen LogP contribution in [0.25, 0.3) is 0 Å². The number of carbonyl (C=O) groups excluding carboxylic acids is 1. The van der Waals surface area contributed by atoms with Gasteiger partial charge in [0.2, 0.25) is 5.91 Å². The first-order valence-corrected chi connectivity index (χ1v) is 8.39. The molecule has 3 rings (SSSR count). The Hall–Kier alpha value is -2.37. The Bertz CT molecular complexity index is 700. The van der Waals surface area contributed by atoms with E-state index >= 15 is 0 Å². The fraction of sp³-hybridized carbons (Fsp3) is 0.444. The minimum Gasteiger partial charge on any atom is -0.369 e. The zero-order valence-electron chi connectivity index (χ0n) is 13.9. The minimum atomic E-state index is -0.229. The van der Waals surface area contributed by atoms with Crippen LogP contribution in [0.5, 0.6) is 0 Å². The number of aryl methyl sites for hydroxylation is 2. The van der Waals surface area contributed by atoms with E-state index < -0.39 is 0 Å². The van der Waals surface area contributed by atoms with Gasteiger partial charge in [-0.3, -0.25) is 9.48 Å². The number of piperidine rings is 1. The van der Waals surface area contributed by atoms with E-state index in [1.807, 2.05) is 19.2 Å². The van der Waals surface area contributed by atoms with Gasteiger partial charge >= 0.3 is 0 Å². The molecule has 128 valence electrons. The average Bonchev–Trinajstić information content (AvgIpc) is 2.99. The van der Waals surface area contributed by atoms with E-state index in [1.165, 1.54) is 6.07 Å². The van der Waals surface area contributed by atoms with Gasteiger partial charge in [0.15, 0.2) is 0 Å². The van der Waals surface area contributed by atoms with Gasteiger partial charge in [0.05, 0.1) is 6.20 Å². The summed E-state index contributed by atoms with van der Waals surface area (Å²) in [7, 11) is 0. The van der Waals surface area contributed by atoms with E-state index in [1.54, 1.807) is 23.0 Å². The molecule has 0 radical (unpaired) electrons. The summed E-state index contributed by atoms with van der Waals surface area (Å²) in [6.45, 7) is 4.17. The van der Waals surface area contributed by atoms with Crippen molar-refractivity contribution in [3.63, 3.8) is 0 Å². The zero-order chi connectivity index (χ0) is 16.9. The third-order valence-electron chi connectivity index (χ3n) is 4.29. The summed E-state index contributed by atoms with van der Waals surface area (Å²) in [5.74, 6) is -0.192. The van der Waals surface area contributed by atoms with Crippen molar-refractivity contribution in [1.82, 2.24) is 15.1 Å². The Balaban J connectivity index is 1.50. The number of aromatic nitrogens is 2. The van der Waals surface area contributed by atoms with Crippen molar-refractivity contribution in [2.45, 2.75) is 38.8 Å². The Morgan fingerprint density at radius 2 is 2.33 bits per heavy atom. The van der Waals surface area contributed by atoms with Crippen LogP contribution >= 0.6 is 0 Å². The predicted molar refractivity (Wildman–Crippen MR) is 91.4 cm³/mol. The van der Waals surface area contributed by atoms with Crippen molar-refractivity contribution in [1.29, 1.82) is 0 Å². The smallest absolute Gasteiger partial charge is 0.222 e. The molecule has 6 heteroatoms. The van der Waals surface area contributed by atoms with Gasteiger partial charge in [0.1, 0.15) is 5.82 Å². The quantitative estimate of drug-likeness (QED) is 0.916. The van der Waals surface area contributed by atoms with Crippen molar-refractivity contribution in [3.05, 3.63) is 48.0 Å². The van der Waals surface area contributed by atoms with Crippen LogP contribution in [0.4, 0.5) is 10.1 Å². The molecule has 1 saturated heterocycles. The lowest BCUT2D eigenvalue weighted by Gasteiger charge is -2.34. The molecule has 1 aliphatic rings. The Kier molecular flexibility index (Phi) is 5.13. The van der Waals surface area contributed by atoms with Crippen molar-refractivity contribution in [2.75, 3.05) is 18.0 Å². The normalized spacial score (nSPS) is 17.8. The molecule has 0 saturated carbocycles. The first-order valence-electron chi connectivity index (χ1n) is 8.39. The average molecular weight is 330 g/mol. The molecular formula is C18H23FN4O. The van der Waals surface area contributed by atoms with Crippen molar-refractivity contribution in [2.24, 2.45) is 0 Å². The van der Waals surface area contributed by atoms with Crippen molar-refractivity contribution >= 4 is 11.6 Å². The van der Waals surface area contributed by atoms with Gasteiger partial charge in [-0.2, -0.15) is 5.10 Å². The minimum absolute atomic E-state index is 0.0363. The van der Waals surface area contributed by atoms with Gasteiger partial charge in [-0.25, -0.2) is 4.39 Å². The number of nitrogens with zero attached hydrogens (tertiary/aromatic N) is 3. The number of nitrogens with one attached hydrogen (secondary N) is 1. The number of amides is 1. The summed E-state index contributed by atoms with van der Waals surface area (Å²) in [5, 5.41) is 7.28. The van der Waals surface area contributed by atoms with Gasteiger partial charge in [-0.05, 0) is 43.5 Å². The largest absolute Gasteiger partial charge is 0.369 e. The van der Waals surface area contributed by atoms with Crippen LogP contribution in [-0.2, 0) is 11.3 Å². The predicted octanol–water partition coefficient (Wildman–Crippen LogP) is 2.51. The molecule has 24 heavy (non-hydrogen) atoms. The molecule has 1 amide bonds. The summed E-state index contributed by atoms with van der Waals surface area (Å²) in [6, 6.07) is 6.73. The van der Waals surface area contributed by atoms with Crippen LogP contribution in [0.3, 0.4) is 0 Å². The number of hydrogen-bond donors (Lipinski definition) is 1. The molecule has 5 nitrogen and oxygen atoms in total. The Labute approximate surface area is 141 Å². The fourth-order valence-electron chi connectivity index (χ4n) is 3.11. The summed E-state index contributed by atoms with van der Waals surface area (Å²) in [5.41, 5.74) is 1.97. The second kappa shape index (κ2) is 7.47. The lowest BCUT2D eigenvalue weighted by molar-refractivity contribution is -0.122. The monoisotopic (exact) mass is 330 g/mol. The molecular weight excluding hydrogens is 307 g/mol. The molecule has 1 fully saturated rings. The maximum Gasteiger partial charge on any atom is 0.222 e. The van der Waals surface area contributed by atoms with E-state index in [2.05, 4.69) is 15.3 Å². The third-order valence-corrected chi connectivity index (χ3v) is 4.29. The SMILES string of the molecule is Cc1cnn(CCC(=O)NC2CCCN(c3cccc(F)c3)C2)c1. The van der Waals surface area contributed by atoms with Crippen LogP contribution < -0.4 is 10.2 Å². The lowest BCUT2D eigenvalue weighted by Crippen LogP contribution is -2.48. The van der Waals surface area contributed by atoms with Crippen LogP contribution in [0.1, 0.15) is 24.8 Å². The summed E-state index contributed by atoms with van der Waals surface area (Å²) >= 11 is 0. The zero-order valence-corrected chi connectivity index (χ0v) is 13.9. The highest BCUT2D eigenvalue weighted by Crippen LogP contribution is 2.20. The molecule has 1 atom stereocenters. The van der Waals surface area contributed by atoms with Gasteiger partial charge in [-0.1, -0.05) is 6.07 Å². The van der Waals surface area contributed by atoms with E-state index in [0.717, 1.165) is 37.2 Å². The van der Waals surface area contributed by atoms with Crippen LogP contribution in [-0.4, -0.2) is 34.8 Å². The topological polar surface area (TPSA) is 50.2 Å². The maximum atomic E-state index is 13.4. The number of halogens is 1. The van der Waals surface area contributed by atoms with E-state index in [9.17, 15) is 9.18 Å². The van der Waals surface area contributed by atoms with Gasteiger partial charge in [0.25, 0.3) is 0 Å². The molecule has 1 N–H and O–H groups in total. The second-order valence-corrected chi connectivity index (χ2v) is 6.36. The molecule has 2 aromatic rings. The highest BCUT2D eigenvalue weighted by molar-refractivity contribution is 5.76. The Morgan fingerprint density at radius 1 is 1.46 bits per heavy atom. The van der Waals surface area contributed by atoms with Crippen molar-refractivity contribution in [3.8, 4) is 0 Å². The summed E-state index contributed by atoms with van der Waals surface area (Å²) in [4.78, 5) is 14.3. The summed E-state index contributed by atoms with van der Waals surface area (Å²) < 4.78 is 15.2. The molecule has 0 aliphatic carbocycles. The number of hydrogen-bond acceptors (Lipinski definition) is 3. The van der Waals surface area contributed by atoms with Crippen molar-refractivity contribution < 1.29 is 9.18 Å². The number of carbonyl (C=O) groups is 1. The first-order chi connectivity index (χ1) is 11.6. The number of anilines is 1. The molecule has 0 spiro atoms. The number of rotatable bonds is 5. The molecule has 1 aromatic heterocycles. The van der Waals surface area contributed by atoms with Crippen LogP contribution in [0.2, 0.25) is 0 Å². The maximum absolute atomic E-state index is 13.4. The number of benzene rings is 1. The van der Waals surface area contributed by atoms with Crippen LogP contribution in [0, 0.1) is 12.7 Å². The molecule has 2 heterocycles. The highest BCUT2D eigenvalue weighted by atomic mass is 19.1. The van der Waals surface area contributed by atoms with E-state index in [0.29, 0.717) is 13.0 Å².